The number of aryl methyl sites for hydroxylation is 4. The predicted molar refractivity (Wildman–Crippen MR) is 198 cm³/mol. The van der Waals surface area contributed by atoms with E-state index in [0.29, 0.717) is 0 Å². The zero-order valence-electron chi connectivity index (χ0n) is 30.5. The van der Waals surface area contributed by atoms with E-state index < -0.39 is 0 Å². The SMILES string of the molecule is CC(=O)/C=C(/C)O.CCC1=C(CC)c2cc3[n-]c(cc4nc(cc5[n-]c(cc1n2)c(CC)c5CC)C(CC)=C4CC)c(CC)c3CC.[Yb+2]. The summed E-state index contributed by atoms with van der Waals surface area (Å²) in [5.41, 5.74) is 19.1. The minimum absolute atomic E-state index is 0. The Bertz CT molecular complexity index is 1680. The Morgan fingerprint density at radius 2 is 0.792 bits per heavy atom. The van der Waals surface area contributed by atoms with Gasteiger partial charge in [-0.25, -0.2) is 9.97 Å². The van der Waals surface area contributed by atoms with Crippen LogP contribution in [0, 0.1) is 46.9 Å². The Morgan fingerprint density at radius 1 is 0.542 bits per heavy atom. The van der Waals surface area contributed by atoms with Crippen LogP contribution in [0.3, 0.4) is 0 Å². The fourth-order valence-corrected chi connectivity index (χ4v) is 7.22. The molecule has 0 aliphatic carbocycles. The number of hydrogen-bond donors (Lipinski definition) is 1. The number of carbonyl (C=O) groups is 1. The van der Waals surface area contributed by atoms with Crippen LogP contribution in [-0.2, 0) is 30.5 Å². The third-order valence-corrected chi connectivity index (χ3v) is 9.23. The molecule has 8 bridgehead atoms. The summed E-state index contributed by atoms with van der Waals surface area (Å²) in [6.45, 7) is 20.8. The van der Waals surface area contributed by atoms with Crippen molar-refractivity contribution in [3.8, 4) is 0 Å². The number of rotatable bonds is 9. The van der Waals surface area contributed by atoms with Crippen LogP contribution in [0.5, 0.6) is 0 Å². The molecule has 3 aromatic heterocycles. The van der Waals surface area contributed by atoms with E-state index in [0.717, 1.165) is 96.2 Å². The summed E-state index contributed by atoms with van der Waals surface area (Å²) in [6.07, 6.45) is 8.77. The zero-order valence-corrected chi connectivity index (χ0v) is 32.2. The third-order valence-electron chi connectivity index (χ3n) is 9.23. The molecule has 0 saturated heterocycles. The Labute approximate surface area is 325 Å². The van der Waals surface area contributed by atoms with Gasteiger partial charge in [0.1, 0.15) is 0 Å². The summed E-state index contributed by atoms with van der Waals surface area (Å²) in [4.78, 5) is 31.0. The summed E-state index contributed by atoms with van der Waals surface area (Å²) in [5.74, 6) is -0.0625. The third kappa shape index (κ3) is 8.20. The van der Waals surface area contributed by atoms with Gasteiger partial charge in [0.05, 0.1) is 28.5 Å². The Kier molecular flexibility index (Phi) is 14.8. The molecule has 262 valence electrons. The average Bonchev–Trinajstić information content (AvgIpc) is 3.75. The molecule has 0 unspecified atom stereocenters. The van der Waals surface area contributed by atoms with E-state index in [1.54, 1.807) is 0 Å². The number of aromatic nitrogens is 4. The number of aliphatic hydroxyl groups is 1. The minimum Gasteiger partial charge on any atom is -0.657 e. The second-order valence-electron chi connectivity index (χ2n) is 12.2. The number of carbonyl (C=O) groups excluding carboxylic acids is 1. The second-order valence-corrected chi connectivity index (χ2v) is 12.2. The van der Waals surface area contributed by atoms with Crippen LogP contribution in [0.25, 0.3) is 44.4 Å². The van der Waals surface area contributed by atoms with E-state index >= 15 is 0 Å². The van der Waals surface area contributed by atoms with Gasteiger partial charge >= 0.3 is 46.9 Å². The Balaban J connectivity index is 0.000000706. The van der Waals surface area contributed by atoms with Crippen LogP contribution in [-0.4, -0.2) is 20.9 Å². The number of hydrogen-bond acceptors (Lipinski definition) is 4. The molecule has 2 aliphatic heterocycles. The molecule has 6 nitrogen and oxygen atoms in total. The number of nitrogens with zero attached hydrogens (tertiary/aromatic N) is 4. The molecule has 48 heavy (non-hydrogen) atoms. The second kappa shape index (κ2) is 17.8. The molecule has 5 rings (SSSR count). The summed E-state index contributed by atoms with van der Waals surface area (Å²) in [7, 11) is 0. The maximum atomic E-state index is 10.0. The molecule has 0 fully saturated rings. The Hall–Kier alpha value is -2.67. The molecule has 0 spiro atoms. The molecule has 3 aromatic rings. The summed E-state index contributed by atoms with van der Waals surface area (Å²) < 4.78 is 0. The summed E-state index contributed by atoms with van der Waals surface area (Å²) in [5, 5.41) is 8.36. The van der Waals surface area contributed by atoms with Gasteiger partial charge in [0.2, 0.25) is 0 Å². The maximum Gasteiger partial charge on any atom is 2.00 e. The molecular weight excluding hydrogens is 754 g/mol. The Morgan fingerprint density at radius 3 is 0.938 bits per heavy atom. The van der Waals surface area contributed by atoms with Crippen molar-refractivity contribution >= 4 is 50.1 Å². The molecule has 0 radical (unpaired) electrons. The van der Waals surface area contributed by atoms with E-state index in [-0.39, 0.29) is 58.5 Å². The molecule has 2 aliphatic rings. The molecular formula is C41H52N4O2Yb. The molecule has 5 heterocycles. The van der Waals surface area contributed by atoms with Gasteiger partial charge in [-0.1, -0.05) is 102 Å². The smallest absolute Gasteiger partial charge is 0.657 e. The molecule has 0 amide bonds. The first-order valence-electron chi connectivity index (χ1n) is 17.6. The first-order chi connectivity index (χ1) is 22.6. The van der Waals surface area contributed by atoms with Gasteiger partial charge in [-0.2, -0.15) is 0 Å². The van der Waals surface area contributed by atoms with E-state index in [9.17, 15) is 4.79 Å². The van der Waals surface area contributed by atoms with Crippen molar-refractivity contribution in [2.24, 2.45) is 0 Å². The largest absolute Gasteiger partial charge is 2.00 e. The van der Waals surface area contributed by atoms with Crippen LogP contribution >= 0.6 is 0 Å². The average molecular weight is 806 g/mol. The summed E-state index contributed by atoms with van der Waals surface area (Å²) >= 11 is 0. The monoisotopic (exact) mass is 806 g/mol. The fraction of sp³-hybridized carbons (Fsp3) is 0.439. The van der Waals surface area contributed by atoms with Gasteiger partial charge in [0.15, 0.2) is 5.78 Å². The van der Waals surface area contributed by atoms with Crippen molar-refractivity contribution in [2.75, 3.05) is 0 Å². The van der Waals surface area contributed by atoms with Crippen molar-refractivity contribution in [2.45, 2.75) is 121 Å². The number of fused-ring (bicyclic) bond motifs is 8. The molecule has 0 atom stereocenters. The van der Waals surface area contributed by atoms with Crippen LogP contribution < -0.4 is 9.97 Å². The van der Waals surface area contributed by atoms with Crippen LogP contribution in [0.2, 0.25) is 0 Å². The van der Waals surface area contributed by atoms with Gasteiger partial charge in [-0.3, -0.25) is 4.79 Å². The minimum atomic E-state index is -0.125. The zero-order chi connectivity index (χ0) is 34.4. The maximum absolute atomic E-state index is 10.0. The van der Waals surface area contributed by atoms with Gasteiger partial charge in [-0.05, 0) is 87.5 Å². The quantitative estimate of drug-likeness (QED) is 0.171. The van der Waals surface area contributed by atoms with Crippen molar-refractivity contribution < 1.29 is 56.8 Å². The van der Waals surface area contributed by atoms with Gasteiger partial charge in [0, 0.05) is 6.08 Å². The van der Waals surface area contributed by atoms with Crippen molar-refractivity contribution in [1.29, 1.82) is 0 Å². The van der Waals surface area contributed by atoms with E-state index in [1.807, 2.05) is 0 Å². The molecule has 0 aromatic carbocycles. The molecule has 0 saturated carbocycles. The van der Waals surface area contributed by atoms with Gasteiger partial charge in [-0.15, -0.1) is 22.1 Å². The summed E-state index contributed by atoms with van der Waals surface area (Å²) in [6, 6.07) is 8.98. The van der Waals surface area contributed by atoms with Crippen LogP contribution in [0.1, 0.15) is 140 Å². The number of ketones is 1. The first-order valence-corrected chi connectivity index (χ1v) is 17.6. The number of allylic oxidation sites excluding steroid dienone is 6. The van der Waals surface area contributed by atoms with Crippen molar-refractivity contribution in [3.63, 3.8) is 0 Å². The normalized spacial score (nSPS) is 13.0. The molecule has 1 N–H and O–H groups in total. The topological polar surface area (TPSA) is 91.3 Å². The standard InChI is InChI=1S/C36H44N4.C5H8O2.Yb/c1-9-21-22(10-2)30-18-32-25(13-5)26(14-6)34(39-32)20-36-28(16-8)27(15-7)35(40-36)19-33-24(12-4)23(11-3)31(38-33)17-29(21)37-30;1-4(6)3-5(2)7;/h17-20H,9-16H2,1-8H3;3,6H,1-2H3;/q-2;;+2/b;4-3-;. The first kappa shape index (κ1) is 39.8. The molecule has 7 heteroatoms. The van der Waals surface area contributed by atoms with E-state index in [1.165, 1.54) is 64.5 Å². The van der Waals surface area contributed by atoms with Crippen molar-refractivity contribution in [1.82, 2.24) is 19.9 Å². The van der Waals surface area contributed by atoms with Crippen molar-refractivity contribution in [3.05, 3.63) is 81.1 Å². The fourth-order valence-electron chi connectivity index (χ4n) is 7.22. The van der Waals surface area contributed by atoms with E-state index in [4.69, 9.17) is 25.0 Å². The van der Waals surface area contributed by atoms with Crippen LogP contribution in [0.15, 0.2) is 36.1 Å². The van der Waals surface area contributed by atoms with Crippen LogP contribution in [0.4, 0.5) is 0 Å². The van der Waals surface area contributed by atoms with Gasteiger partial charge < -0.3 is 15.1 Å². The predicted octanol–water partition coefficient (Wildman–Crippen LogP) is 10.3. The van der Waals surface area contributed by atoms with E-state index in [2.05, 4.69) is 79.7 Å². The number of aliphatic hydroxyl groups excluding tert-OH is 1. The van der Waals surface area contributed by atoms with Gasteiger partial charge in [0.25, 0.3) is 0 Å².